The lowest BCUT2D eigenvalue weighted by atomic mass is 9.95. The van der Waals surface area contributed by atoms with Crippen molar-refractivity contribution in [2.24, 2.45) is 0 Å². The number of hydrogen-bond acceptors (Lipinski definition) is 3. The molecule has 29 heavy (non-hydrogen) atoms. The van der Waals surface area contributed by atoms with E-state index in [2.05, 4.69) is 5.32 Å². The average Bonchev–Trinajstić information content (AvgIpc) is 2.58. The fourth-order valence-electron chi connectivity index (χ4n) is 2.91. The number of hydrogen-bond donors (Lipinski definition) is 1. The fourth-order valence-corrected chi connectivity index (χ4v) is 3.77. The fraction of sp³-hybridized carbons (Fsp3) is 0.350. The Balaban J connectivity index is 2.15. The molecule has 0 spiro atoms. The smallest absolute Gasteiger partial charge is 0.349 e. The van der Waals surface area contributed by atoms with Gasteiger partial charge in [0.25, 0.3) is 0 Å². The number of nitrogens with one attached hydrogen (secondary N) is 1. The van der Waals surface area contributed by atoms with Crippen LogP contribution in [0.5, 0.6) is 0 Å². The lowest BCUT2D eigenvalue weighted by Gasteiger charge is -2.29. The van der Waals surface area contributed by atoms with E-state index in [1.165, 1.54) is 0 Å². The van der Waals surface area contributed by atoms with Crippen molar-refractivity contribution in [2.45, 2.75) is 32.0 Å². The predicted molar refractivity (Wildman–Crippen MR) is 106 cm³/mol. The molecule has 1 amide bonds. The van der Waals surface area contributed by atoms with Crippen LogP contribution in [0.25, 0.3) is 0 Å². The van der Waals surface area contributed by atoms with Crippen LogP contribution in [-0.4, -0.2) is 32.7 Å². The SMILES string of the molecule is CC(C)(Cc1ccccc1)NC(=O)CN(c1ccc(C(F)(F)F)cc1)S(C)(=O)=O. The average molecular weight is 428 g/mol. The molecule has 9 heteroatoms. The monoisotopic (exact) mass is 428 g/mol. The van der Waals surface area contributed by atoms with Crippen LogP contribution in [0.4, 0.5) is 18.9 Å². The molecule has 0 heterocycles. The van der Waals surface area contributed by atoms with Crippen molar-refractivity contribution < 1.29 is 26.4 Å². The highest BCUT2D eigenvalue weighted by molar-refractivity contribution is 7.92. The number of rotatable bonds is 7. The van der Waals surface area contributed by atoms with Crippen molar-refractivity contribution in [3.63, 3.8) is 0 Å². The van der Waals surface area contributed by atoms with Crippen LogP contribution < -0.4 is 9.62 Å². The molecule has 0 bridgehead atoms. The van der Waals surface area contributed by atoms with Crippen LogP contribution in [0.3, 0.4) is 0 Å². The van der Waals surface area contributed by atoms with Crippen molar-refractivity contribution in [1.29, 1.82) is 0 Å². The number of carbonyl (C=O) groups is 1. The van der Waals surface area contributed by atoms with Gasteiger partial charge in [0.15, 0.2) is 0 Å². The summed E-state index contributed by atoms with van der Waals surface area (Å²) in [5, 5.41) is 2.79. The molecule has 1 N–H and O–H groups in total. The number of amides is 1. The molecule has 0 saturated carbocycles. The highest BCUT2D eigenvalue weighted by atomic mass is 32.2. The Morgan fingerprint density at radius 1 is 1.00 bits per heavy atom. The van der Waals surface area contributed by atoms with Crippen molar-refractivity contribution in [1.82, 2.24) is 5.32 Å². The molecule has 2 aromatic rings. The molecule has 158 valence electrons. The molecule has 0 saturated heterocycles. The third-order valence-corrected chi connectivity index (χ3v) is 5.28. The van der Waals surface area contributed by atoms with Gasteiger partial charge in [-0.05, 0) is 50.1 Å². The molecule has 0 aromatic heterocycles. The molecule has 0 radical (unpaired) electrons. The van der Waals surface area contributed by atoms with Crippen LogP contribution in [-0.2, 0) is 27.4 Å². The Morgan fingerprint density at radius 2 is 1.55 bits per heavy atom. The molecule has 5 nitrogen and oxygen atoms in total. The summed E-state index contributed by atoms with van der Waals surface area (Å²) >= 11 is 0. The van der Waals surface area contributed by atoms with E-state index in [0.29, 0.717) is 6.42 Å². The van der Waals surface area contributed by atoms with Gasteiger partial charge in [-0.3, -0.25) is 9.10 Å². The standard InChI is InChI=1S/C20H23F3N2O3S/c1-19(2,13-15-7-5-4-6-8-15)24-18(26)14-25(29(3,27)28)17-11-9-16(10-12-17)20(21,22)23/h4-12H,13-14H2,1-3H3,(H,24,26). The maximum atomic E-state index is 12.7. The lowest BCUT2D eigenvalue weighted by molar-refractivity contribution is -0.137. The molecule has 0 aliphatic carbocycles. The molecular weight excluding hydrogens is 405 g/mol. The van der Waals surface area contributed by atoms with Crippen molar-refractivity contribution >= 4 is 21.6 Å². The number of alkyl halides is 3. The van der Waals surface area contributed by atoms with Gasteiger partial charge in [0, 0.05) is 5.54 Å². The van der Waals surface area contributed by atoms with Gasteiger partial charge < -0.3 is 5.32 Å². The summed E-state index contributed by atoms with van der Waals surface area (Å²) in [4.78, 5) is 12.5. The first kappa shape index (κ1) is 22.7. The molecule has 2 rings (SSSR count). The van der Waals surface area contributed by atoms with Crippen LogP contribution >= 0.6 is 0 Å². The zero-order valence-corrected chi connectivity index (χ0v) is 17.1. The second-order valence-corrected chi connectivity index (χ2v) is 9.32. The predicted octanol–water partition coefficient (Wildman–Crippen LogP) is 3.61. The summed E-state index contributed by atoms with van der Waals surface area (Å²) in [5.41, 5.74) is -0.568. The van der Waals surface area contributed by atoms with Gasteiger partial charge in [0.05, 0.1) is 17.5 Å². The molecule has 0 atom stereocenters. The number of carbonyl (C=O) groups excluding carboxylic acids is 1. The first-order valence-electron chi connectivity index (χ1n) is 8.78. The number of sulfonamides is 1. The summed E-state index contributed by atoms with van der Waals surface area (Å²) in [7, 11) is -3.88. The van der Waals surface area contributed by atoms with Gasteiger partial charge in [-0.2, -0.15) is 13.2 Å². The third-order valence-electron chi connectivity index (χ3n) is 4.14. The maximum Gasteiger partial charge on any atom is 0.416 e. The lowest BCUT2D eigenvalue weighted by Crippen LogP contribution is -2.50. The van der Waals surface area contributed by atoms with E-state index in [1.807, 2.05) is 30.3 Å². The van der Waals surface area contributed by atoms with Gasteiger partial charge in [-0.15, -0.1) is 0 Å². The van der Waals surface area contributed by atoms with Crippen molar-refractivity contribution in [3.05, 3.63) is 65.7 Å². The summed E-state index contributed by atoms with van der Waals surface area (Å²) in [5.74, 6) is -0.559. The minimum absolute atomic E-state index is 0.0171. The normalized spacial score (nSPS) is 12.5. The first-order chi connectivity index (χ1) is 13.3. The third kappa shape index (κ3) is 6.77. The number of benzene rings is 2. The van der Waals surface area contributed by atoms with Crippen LogP contribution in [0.1, 0.15) is 25.0 Å². The summed E-state index contributed by atoms with van der Waals surface area (Å²) < 4.78 is 63.2. The van der Waals surface area contributed by atoms with Gasteiger partial charge in [-0.25, -0.2) is 8.42 Å². The minimum atomic E-state index is -4.53. The quantitative estimate of drug-likeness (QED) is 0.733. The Labute approximate surface area is 168 Å². The number of nitrogens with zero attached hydrogens (tertiary/aromatic N) is 1. The second kappa shape index (κ2) is 8.44. The second-order valence-electron chi connectivity index (χ2n) is 7.41. The van der Waals surface area contributed by atoms with E-state index in [9.17, 15) is 26.4 Å². The summed E-state index contributed by atoms with van der Waals surface area (Å²) in [6.45, 7) is 3.07. The van der Waals surface area contributed by atoms with Crippen molar-refractivity contribution in [2.75, 3.05) is 17.1 Å². The first-order valence-corrected chi connectivity index (χ1v) is 10.6. The van der Waals surface area contributed by atoms with Crippen LogP contribution in [0, 0.1) is 0 Å². The molecule has 0 aliphatic rings. The highest BCUT2D eigenvalue weighted by Crippen LogP contribution is 2.31. The van der Waals surface area contributed by atoms with Crippen LogP contribution in [0.2, 0.25) is 0 Å². The van der Waals surface area contributed by atoms with Gasteiger partial charge in [-0.1, -0.05) is 30.3 Å². The van der Waals surface area contributed by atoms with Crippen LogP contribution in [0.15, 0.2) is 54.6 Å². The van der Waals surface area contributed by atoms with Gasteiger partial charge in [0.1, 0.15) is 6.54 Å². The van der Waals surface area contributed by atoms with E-state index in [-0.39, 0.29) is 5.69 Å². The van der Waals surface area contributed by atoms with E-state index < -0.39 is 39.8 Å². The van der Waals surface area contributed by atoms with E-state index in [1.54, 1.807) is 13.8 Å². The Morgan fingerprint density at radius 3 is 2.03 bits per heavy atom. The van der Waals surface area contributed by atoms with E-state index >= 15 is 0 Å². The summed E-state index contributed by atoms with van der Waals surface area (Å²) in [6.07, 6.45) is -3.11. The molecule has 0 aliphatic heterocycles. The molecular formula is C20H23F3N2O3S. The number of anilines is 1. The Hall–Kier alpha value is -2.55. The Bertz CT molecular complexity index is 941. The largest absolute Gasteiger partial charge is 0.416 e. The highest BCUT2D eigenvalue weighted by Gasteiger charge is 2.31. The van der Waals surface area contributed by atoms with Crippen molar-refractivity contribution in [3.8, 4) is 0 Å². The Kier molecular flexibility index (Phi) is 6.62. The molecule has 0 fully saturated rings. The zero-order valence-electron chi connectivity index (χ0n) is 16.3. The van der Waals surface area contributed by atoms with Gasteiger partial charge >= 0.3 is 6.18 Å². The minimum Gasteiger partial charge on any atom is -0.349 e. The maximum absolute atomic E-state index is 12.7. The zero-order chi connectivity index (χ0) is 21.9. The summed E-state index contributed by atoms with van der Waals surface area (Å²) in [6, 6.07) is 13.1. The topological polar surface area (TPSA) is 66.5 Å². The van der Waals surface area contributed by atoms with E-state index in [4.69, 9.17) is 0 Å². The van der Waals surface area contributed by atoms with E-state index in [0.717, 1.165) is 40.4 Å². The van der Waals surface area contributed by atoms with Gasteiger partial charge in [0.2, 0.25) is 15.9 Å². The molecule has 0 unspecified atom stereocenters. The number of halogens is 3. The molecule has 2 aromatic carbocycles.